The molecule has 0 aliphatic rings. The summed E-state index contributed by atoms with van der Waals surface area (Å²) in [6.07, 6.45) is 0. The SMILES string of the molecule is Bc1cc([N+](=O)[O-])c(C(=O)O)s1. The van der Waals surface area contributed by atoms with Crippen LogP contribution in [0.1, 0.15) is 9.67 Å². The van der Waals surface area contributed by atoms with Gasteiger partial charge in [0.1, 0.15) is 0 Å². The van der Waals surface area contributed by atoms with E-state index in [2.05, 4.69) is 0 Å². The minimum Gasteiger partial charge on any atom is -0.477 e. The van der Waals surface area contributed by atoms with Gasteiger partial charge in [0.15, 0.2) is 12.7 Å². The summed E-state index contributed by atoms with van der Waals surface area (Å²) < 4.78 is 0.624. The van der Waals surface area contributed by atoms with Crippen molar-refractivity contribution in [2.24, 2.45) is 0 Å². The Bertz CT molecular complexity index is 316. The van der Waals surface area contributed by atoms with Crippen molar-refractivity contribution < 1.29 is 14.8 Å². The Morgan fingerprint density at radius 2 is 2.33 bits per heavy atom. The third-order valence-electron chi connectivity index (χ3n) is 1.23. The first-order valence-corrected chi connectivity index (χ1v) is 3.82. The standard InChI is InChI=1S/C5H4BNO4S/c6-3-1-2(7(10)11)4(12-3)5(8)9/h1H,6H2,(H,8,9). The Balaban J connectivity index is 3.26. The molecule has 0 bridgehead atoms. The predicted molar refractivity (Wildman–Crippen MR) is 46.1 cm³/mol. The van der Waals surface area contributed by atoms with Crippen LogP contribution < -0.4 is 4.78 Å². The smallest absolute Gasteiger partial charge is 0.353 e. The van der Waals surface area contributed by atoms with Crippen molar-refractivity contribution in [3.63, 3.8) is 0 Å². The summed E-state index contributed by atoms with van der Waals surface area (Å²) in [6.45, 7) is 0. The number of carboxylic acids is 1. The highest BCUT2D eigenvalue weighted by atomic mass is 32.1. The van der Waals surface area contributed by atoms with E-state index in [-0.39, 0.29) is 10.6 Å². The monoisotopic (exact) mass is 185 g/mol. The van der Waals surface area contributed by atoms with Gasteiger partial charge in [0.05, 0.1) is 4.92 Å². The third-order valence-corrected chi connectivity index (χ3v) is 2.25. The Hall–Kier alpha value is -1.37. The third kappa shape index (κ3) is 1.45. The fraction of sp³-hybridized carbons (Fsp3) is 0. The van der Waals surface area contributed by atoms with Crippen LogP contribution in [0.3, 0.4) is 0 Å². The Morgan fingerprint density at radius 1 is 1.75 bits per heavy atom. The summed E-state index contributed by atoms with van der Waals surface area (Å²) in [5.74, 6) is -1.25. The van der Waals surface area contributed by atoms with Crippen molar-refractivity contribution in [2.45, 2.75) is 0 Å². The van der Waals surface area contributed by atoms with Gasteiger partial charge in [0.2, 0.25) is 0 Å². The molecule has 0 fully saturated rings. The number of carboxylic acid groups (broad SMARTS) is 1. The van der Waals surface area contributed by atoms with Gasteiger partial charge in [-0.2, -0.15) is 0 Å². The highest BCUT2D eigenvalue weighted by molar-refractivity contribution is 7.22. The van der Waals surface area contributed by atoms with Gasteiger partial charge in [-0.1, -0.05) is 0 Å². The molecule has 1 rings (SSSR count). The van der Waals surface area contributed by atoms with Gasteiger partial charge in [0, 0.05) is 6.07 Å². The fourth-order valence-corrected chi connectivity index (χ4v) is 1.61. The highest BCUT2D eigenvalue weighted by Gasteiger charge is 2.22. The van der Waals surface area contributed by atoms with E-state index < -0.39 is 10.9 Å². The summed E-state index contributed by atoms with van der Waals surface area (Å²) in [5, 5.41) is 18.8. The van der Waals surface area contributed by atoms with Crippen LogP contribution >= 0.6 is 11.3 Å². The summed E-state index contributed by atoms with van der Waals surface area (Å²) in [6, 6.07) is 1.26. The second-order valence-corrected chi connectivity index (χ2v) is 3.39. The molecule has 0 atom stereocenters. The second kappa shape index (κ2) is 2.94. The van der Waals surface area contributed by atoms with E-state index >= 15 is 0 Å². The van der Waals surface area contributed by atoms with Gasteiger partial charge in [-0.25, -0.2) is 4.79 Å². The van der Waals surface area contributed by atoms with E-state index in [0.717, 1.165) is 11.3 Å². The number of thiophene rings is 1. The van der Waals surface area contributed by atoms with E-state index in [1.807, 2.05) is 0 Å². The molecule has 0 amide bonds. The minimum absolute atomic E-state index is 0.211. The molecular weight excluding hydrogens is 181 g/mol. The first kappa shape index (κ1) is 8.73. The van der Waals surface area contributed by atoms with E-state index in [1.165, 1.54) is 6.07 Å². The average Bonchev–Trinajstić information content (AvgIpc) is 2.31. The molecule has 5 nitrogen and oxygen atoms in total. The van der Waals surface area contributed by atoms with Crippen LogP contribution in [0, 0.1) is 10.1 Å². The maximum atomic E-state index is 10.4. The number of hydrogen-bond donors (Lipinski definition) is 1. The Labute approximate surface area is 72.2 Å². The highest BCUT2D eigenvalue weighted by Crippen LogP contribution is 2.21. The van der Waals surface area contributed by atoms with Crippen molar-refractivity contribution in [1.29, 1.82) is 0 Å². The molecule has 0 aliphatic carbocycles. The molecule has 0 aliphatic heterocycles. The summed E-state index contributed by atoms with van der Waals surface area (Å²) in [4.78, 5) is 19.8. The Morgan fingerprint density at radius 3 is 2.67 bits per heavy atom. The molecule has 1 aromatic rings. The number of hydrogen-bond acceptors (Lipinski definition) is 4. The van der Waals surface area contributed by atoms with Crippen LogP contribution in [0.4, 0.5) is 5.69 Å². The van der Waals surface area contributed by atoms with Gasteiger partial charge >= 0.3 is 5.97 Å². The van der Waals surface area contributed by atoms with E-state index in [9.17, 15) is 14.9 Å². The zero-order valence-electron chi connectivity index (χ0n) is 6.10. The maximum absolute atomic E-state index is 10.4. The van der Waals surface area contributed by atoms with Crippen LogP contribution in [0.2, 0.25) is 0 Å². The molecule has 1 heterocycles. The number of rotatable bonds is 2. The summed E-state index contributed by atoms with van der Waals surface area (Å²) in [5.41, 5.74) is -0.329. The van der Waals surface area contributed by atoms with Gasteiger partial charge in [0.25, 0.3) is 5.69 Å². The van der Waals surface area contributed by atoms with Gasteiger partial charge in [-0.05, 0) is 4.78 Å². The van der Waals surface area contributed by atoms with Gasteiger partial charge < -0.3 is 5.11 Å². The minimum atomic E-state index is -1.25. The van der Waals surface area contributed by atoms with Gasteiger partial charge in [-0.15, -0.1) is 11.3 Å². The molecule has 12 heavy (non-hydrogen) atoms. The zero-order valence-corrected chi connectivity index (χ0v) is 6.92. The molecular formula is C5H4BNO4S. The first-order valence-electron chi connectivity index (χ1n) is 3.00. The number of carbonyl (C=O) groups is 1. The van der Waals surface area contributed by atoms with Crippen molar-refractivity contribution in [3.05, 3.63) is 21.1 Å². The molecule has 7 heteroatoms. The largest absolute Gasteiger partial charge is 0.477 e. The lowest BCUT2D eigenvalue weighted by Gasteiger charge is -1.87. The number of nitro groups is 1. The molecule has 0 saturated heterocycles. The molecule has 1 aromatic heterocycles. The normalized spacial score (nSPS) is 9.67. The van der Waals surface area contributed by atoms with Crippen molar-refractivity contribution in [1.82, 2.24) is 0 Å². The van der Waals surface area contributed by atoms with E-state index in [0.29, 0.717) is 4.78 Å². The maximum Gasteiger partial charge on any atom is 0.353 e. The average molecular weight is 185 g/mol. The van der Waals surface area contributed by atoms with E-state index in [1.54, 1.807) is 7.85 Å². The summed E-state index contributed by atoms with van der Waals surface area (Å²) >= 11 is 0.910. The van der Waals surface area contributed by atoms with Crippen LogP contribution in [0.5, 0.6) is 0 Å². The van der Waals surface area contributed by atoms with Crippen molar-refractivity contribution >= 4 is 35.6 Å². The molecule has 0 spiro atoms. The predicted octanol–water partition coefficient (Wildman–Crippen LogP) is -0.387. The second-order valence-electron chi connectivity index (χ2n) is 2.13. The number of aromatic carboxylic acids is 1. The molecule has 62 valence electrons. The molecule has 0 radical (unpaired) electrons. The van der Waals surface area contributed by atoms with Crippen molar-refractivity contribution in [3.8, 4) is 0 Å². The lowest BCUT2D eigenvalue weighted by Crippen LogP contribution is -1.97. The fourth-order valence-electron chi connectivity index (χ4n) is 0.790. The summed E-state index contributed by atoms with van der Waals surface area (Å²) in [7, 11) is 1.63. The topological polar surface area (TPSA) is 80.4 Å². The zero-order chi connectivity index (χ0) is 9.30. The van der Waals surface area contributed by atoms with E-state index in [4.69, 9.17) is 5.11 Å². The molecule has 0 aromatic carbocycles. The lowest BCUT2D eigenvalue weighted by atomic mass is 10.1. The number of nitrogens with zero attached hydrogens (tertiary/aromatic N) is 1. The molecule has 0 saturated carbocycles. The van der Waals surface area contributed by atoms with Crippen LogP contribution in [0.15, 0.2) is 6.07 Å². The first-order chi connectivity index (χ1) is 5.52. The lowest BCUT2D eigenvalue weighted by molar-refractivity contribution is -0.384. The molecule has 0 unspecified atom stereocenters. The molecule has 1 N–H and O–H groups in total. The quantitative estimate of drug-likeness (QED) is 0.386. The Kier molecular flexibility index (Phi) is 2.14. The van der Waals surface area contributed by atoms with Crippen LogP contribution in [-0.4, -0.2) is 23.8 Å². The van der Waals surface area contributed by atoms with Crippen molar-refractivity contribution in [2.75, 3.05) is 0 Å². The van der Waals surface area contributed by atoms with Crippen LogP contribution in [0.25, 0.3) is 0 Å². The van der Waals surface area contributed by atoms with Crippen LogP contribution in [-0.2, 0) is 0 Å². The van der Waals surface area contributed by atoms with Gasteiger partial charge in [-0.3, -0.25) is 10.1 Å².